The van der Waals surface area contributed by atoms with E-state index in [1.807, 2.05) is 0 Å². The molecule has 1 saturated heterocycles. The lowest BCUT2D eigenvalue weighted by Crippen LogP contribution is -2.33. The van der Waals surface area contributed by atoms with E-state index < -0.39 is 11.9 Å². The van der Waals surface area contributed by atoms with Crippen LogP contribution in [-0.2, 0) is 10.9 Å². The van der Waals surface area contributed by atoms with Crippen LogP contribution in [0.2, 0.25) is 0 Å². The monoisotopic (exact) mass is 232 g/mol. The number of pyridine rings is 1. The van der Waals surface area contributed by atoms with Gasteiger partial charge >= 0.3 is 6.18 Å². The van der Waals surface area contributed by atoms with E-state index in [9.17, 15) is 13.2 Å². The minimum Gasteiger partial charge on any atom is -0.371 e. The summed E-state index contributed by atoms with van der Waals surface area (Å²) in [5.74, 6) is 0. The Morgan fingerprint density at radius 2 is 2.25 bits per heavy atom. The second kappa shape index (κ2) is 4.39. The first-order chi connectivity index (χ1) is 7.57. The van der Waals surface area contributed by atoms with Crippen molar-refractivity contribution in [3.63, 3.8) is 0 Å². The van der Waals surface area contributed by atoms with Crippen LogP contribution in [0.3, 0.4) is 0 Å². The molecule has 2 rings (SSSR count). The minimum absolute atomic E-state index is 0.321. The largest absolute Gasteiger partial charge is 0.433 e. The van der Waals surface area contributed by atoms with Gasteiger partial charge in [0.15, 0.2) is 0 Å². The molecule has 0 bridgehead atoms. The summed E-state index contributed by atoms with van der Waals surface area (Å²) in [5, 5.41) is 3.06. The first-order valence-electron chi connectivity index (χ1n) is 4.93. The summed E-state index contributed by atoms with van der Waals surface area (Å²) in [6.07, 6.45) is -3.56. The van der Waals surface area contributed by atoms with Crippen LogP contribution in [-0.4, -0.2) is 24.7 Å². The number of morpholine rings is 1. The van der Waals surface area contributed by atoms with Gasteiger partial charge in [-0.25, -0.2) is 0 Å². The summed E-state index contributed by atoms with van der Waals surface area (Å²) in [6, 6.07) is 2.59. The fourth-order valence-corrected chi connectivity index (χ4v) is 1.58. The van der Waals surface area contributed by atoms with Crippen molar-refractivity contribution < 1.29 is 17.9 Å². The number of hydrogen-bond donors (Lipinski definition) is 1. The molecule has 1 aromatic rings. The van der Waals surface area contributed by atoms with Gasteiger partial charge in [-0.15, -0.1) is 0 Å². The Labute approximate surface area is 90.6 Å². The SMILES string of the molecule is FC(F)(F)c1cc(C2CNCCO2)ccn1. The zero-order valence-corrected chi connectivity index (χ0v) is 8.42. The Morgan fingerprint density at radius 1 is 1.44 bits per heavy atom. The van der Waals surface area contributed by atoms with E-state index in [1.165, 1.54) is 0 Å². The molecular weight excluding hydrogens is 221 g/mol. The smallest absolute Gasteiger partial charge is 0.371 e. The summed E-state index contributed by atoms with van der Waals surface area (Å²) in [6.45, 7) is 1.77. The van der Waals surface area contributed by atoms with Crippen molar-refractivity contribution >= 4 is 0 Å². The van der Waals surface area contributed by atoms with Gasteiger partial charge < -0.3 is 10.1 Å². The van der Waals surface area contributed by atoms with Crippen LogP contribution in [0.25, 0.3) is 0 Å². The number of hydrogen-bond acceptors (Lipinski definition) is 3. The van der Waals surface area contributed by atoms with Crippen LogP contribution in [0.1, 0.15) is 17.4 Å². The van der Waals surface area contributed by atoms with Gasteiger partial charge in [0.1, 0.15) is 5.69 Å². The van der Waals surface area contributed by atoms with Crippen LogP contribution in [0.15, 0.2) is 18.3 Å². The number of halogens is 3. The Morgan fingerprint density at radius 3 is 2.88 bits per heavy atom. The van der Waals surface area contributed by atoms with Gasteiger partial charge in [-0.05, 0) is 17.7 Å². The molecule has 6 heteroatoms. The van der Waals surface area contributed by atoms with E-state index in [0.29, 0.717) is 18.7 Å². The Hall–Kier alpha value is -1.14. The van der Waals surface area contributed by atoms with Gasteiger partial charge in [-0.3, -0.25) is 4.98 Å². The zero-order valence-electron chi connectivity index (χ0n) is 8.42. The Balaban J connectivity index is 2.21. The molecule has 1 atom stereocenters. The van der Waals surface area contributed by atoms with Crippen molar-refractivity contribution in [2.24, 2.45) is 0 Å². The summed E-state index contributed by atoms with van der Waals surface area (Å²) >= 11 is 0. The summed E-state index contributed by atoms with van der Waals surface area (Å²) in [4.78, 5) is 3.30. The first-order valence-corrected chi connectivity index (χ1v) is 4.93. The maximum Gasteiger partial charge on any atom is 0.433 e. The second-order valence-corrected chi connectivity index (χ2v) is 3.54. The average molecular weight is 232 g/mol. The third kappa shape index (κ3) is 2.51. The molecule has 0 aromatic carbocycles. The van der Waals surface area contributed by atoms with Crippen molar-refractivity contribution in [1.29, 1.82) is 0 Å². The number of alkyl halides is 3. The van der Waals surface area contributed by atoms with E-state index in [2.05, 4.69) is 10.3 Å². The topological polar surface area (TPSA) is 34.1 Å². The van der Waals surface area contributed by atoms with E-state index in [1.54, 1.807) is 6.07 Å². The summed E-state index contributed by atoms with van der Waals surface area (Å²) in [7, 11) is 0. The predicted molar refractivity (Wildman–Crippen MR) is 50.8 cm³/mol. The standard InChI is InChI=1S/C10H11F3N2O/c11-10(12,13)9-5-7(1-2-15-9)8-6-14-3-4-16-8/h1-2,5,8,14H,3-4,6H2. The van der Waals surface area contributed by atoms with Crippen molar-refractivity contribution in [2.75, 3.05) is 19.7 Å². The number of rotatable bonds is 1. The van der Waals surface area contributed by atoms with Crippen molar-refractivity contribution in [2.45, 2.75) is 12.3 Å². The lowest BCUT2D eigenvalue weighted by atomic mass is 10.1. The third-order valence-electron chi connectivity index (χ3n) is 2.37. The van der Waals surface area contributed by atoms with Gasteiger partial charge in [-0.2, -0.15) is 13.2 Å². The molecule has 1 aliphatic heterocycles. The molecular formula is C10H11F3N2O. The van der Waals surface area contributed by atoms with Crippen LogP contribution in [0.4, 0.5) is 13.2 Å². The fourth-order valence-electron chi connectivity index (χ4n) is 1.58. The van der Waals surface area contributed by atoms with E-state index in [4.69, 9.17) is 4.74 Å². The second-order valence-electron chi connectivity index (χ2n) is 3.54. The Bertz CT molecular complexity index is 361. The highest BCUT2D eigenvalue weighted by Gasteiger charge is 2.33. The summed E-state index contributed by atoms with van der Waals surface area (Å²) in [5.41, 5.74) is -0.367. The molecule has 16 heavy (non-hydrogen) atoms. The van der Waals surface area contributed by atoms with Crippen LogP contribution in [0.5, 0.6) is 0 Å². The molecule has 0 aliphatic carbocycles. The van der Waals surface area contributed by atoms with Crippen molar-refractivity contribution in [3.8, 4) is 0 Å². The average Bonchev–Trinajstić information content (AvgIpc) is 2.29. The van der Waals surface area contributed by atoms with Crippen molar-refractivity contribution in [3.05, 3.63) is 29.6 Å². The lowest BCUT2D eigenvalue weighted by Gasteiger charge is -2.24. The predicted octanol–water partition coefficient (Wildman–Crippen LogP) is 1.76. The van der Waals surface area contributed by atoms with Crippen molar-refractivity contribution in [1.82, 2.24) is 10.3 Å². The van der Waals surface area contributed by atoms with Crippen LogP contribution >= 0.6 is 0 Å². The maximum atomic E-state index is 12.4. The van der Waals surface area contributed by atoms with Gasteiger partial charge in [-0.1, -0.05) is 0 Å². The number of nitrogens with one attached hydrogen (secondary N) is 1. The zero-order chi connectivity index (χ0) is 11.6. The highest BCUT2D eigenvalue weighted by Crippen LogP contribution is 2.29. The first kappa shape index (κ1) is 11.3. The molecule has 2 heterocycles. The maximum absolute atomic E-state index is 12.4. The van der Waals surface area contributed by atoms with Crippen LogP contribution in [0, 0.1) is 0 Å². The molecule has 0 amide bonds. The van der Waals surface area contributed by atoms with Gasteiger partial charge in [0.25, 0.3) is 0 Å². The lowest BCUT2D eigenvalue weighted by molar-refractivity contribution is -0.141. The van der Waals surface area contributed by atoms with Gasteiger partial charge in [0.2, 0.25) is 0 Å². The normalized spacial score (nSPS) is 22.1. The number of ether oxygens (including phenoxy) is 1. The molecule has 0 spiro atoms. The van der Waals surface area contributed by atoms with E-state index in [0.717, 1.165) is 18.8 Å². The molecule has 1 unspecified atom stereocenters. The quantitative estimate of drug-likeness (QED) is 0.801. The molecule has 88 valence electrons. The molecule has 1 fully saturated rings. The third-order valence-corrected chi connectivity index (χ3v) is 2.37. The summed E-state index contributed by atoms with van der Waals surface area (Å²) < 4.78 is 42.6. The molecule has 0 saturated carbocycles. The van der Waals surface area contributed by atoms with E-state index in [-0.39, 0.29) is 6.10 Å². The molecule has 1 aliphatic rings. The molecule has 0 radical (unpaired) electrons. The molecule has 1 N–H and O–H groups in total. The molecule has 3 nitrogen and oxygen atoms in total. The number of aromatic nitrogens is 1. The highest BCUT2D eigenvalue weighted by atomic mass is 19.4. The van der Waals surface area contributed by atoms with Gasteiger partial charge in [0.05, 0.1) is 12.7 Å². The molecule has 1 aromatic heterocycles. The highest BCUT2D eigenvalue weighted by molar-refractivity contribution is 5.21. The van der Waals surface area contributed by atoms with Gasteiger partial charge in [0, 0.05) is 19.3 Å². The number of nitrogens with zero attached hydrogens (tertiary/aromatic N) is 1. The Kier molecular flexibility index (Phi) is 3.11. The van der Waals surface area contributed by atoms with Crippen LogP contribution < -0.4 is 5.32 Å². The van der Waals surface area contributed by atoms with E-state index >= 15 is 0 Å². The minimum atomic E-state index is -4.40. The fraction of sp³-hybridized carbons (Fsp3) is 0.500.